The third kappa shape index (κ3) is 2.35. The van der Waals surface area contributed by atoms with Crippen molar-refractivity contribution in [1.29, 1.82) is 0 Å². The maximum absolute atomic E-state index is 9.61. The summed E-state index contributed by atoms with van der Waals surface area (Å²) >= 11 is 0. The van der Waals surface area contributed by atoms with Crippen molar-refractivity contribution in [2.75, 3.05) is 0 Å². The first-order valence-electron chi connectivity index (χ1n) is 4.48. The summed E-state index contributed by atoms with van der Waals surface area (Å²) in [5.74, 6) is 0. The molecule has 0 aliphatic heterocycles. The molecule has 0 spiro atoms. The van der Waals surface area contributed by atoms with E-state index < -0.39 is 0 Å². The lowest BCUT2D eigenvalue weighted by Gasteiger charge is -2.08. The molecule has 0 aromatic heterocycles. The summed E-state index contributed by atoms with van der Waals surface area (Å²) in [6, 6.07) is 8.06. The standard InChI is InChI=1S/C11H16O/c1-3-4-11(12)10-7-5-9(2)6-8-10/h5-8,11-12H,3-4H2,1-2H3/t11-/m0/s1. The van der Waals surface area contributed by atoms with Gasteiger partial charge >= 0.3 is 0 Å². The highest BCUT2D eigenvalue weighted by molar-refractivity contribution is 5.22. The number of aliphatic hydroxyl groups is 1. The molecule has 0 saturated heterocycles. The van der Waals surface area contributed by atoms with Crippen LogP contribution in [0.5, 0.6) is 0 Å². The summed E-state index contributed by atoms with van der Waals surface area (Å²) in [5, 5.41) is 9.61. The molecule has 1 nitrogen and oxygen atoms in total. The number of hydrogen-bond donors (Lipinski definition) is 1. The van der Waals surface area contributed by atoms with Crippen LogP contribution in [0.1, 0.15) is 37.0 Å². The molecule has 66 valence electrons. The van der Waals surface area contributed by atoms with Gasteiger partial charge in [0, 0.05) is 0 Å². The highest BCUT2D eigenvalue weighted by Crippen LogP contribution is 2.17. The Morgan fingerprint density at radius 3 is 2.33 bits per heavy atom. The first-order chi connectivity index (χ1) is 5.74. The van der Waals surface area contributed by atoms with Crippen LogP contribution in [0.2, 0.25) is 0 Å². The highest BCUT2D eigenvalue weighted by atomic mass is 16.3. The first kappa shape index (κ1) is 9.27. The van der Waals surface area contributed by atoms with Crippen molar-refractivity contribution in [3.63, 3.8) is 0 Å². The van der Waals surface area contributed by atoms with Gasteiger partial charge in [0.2, 0.25) is 0 Å². The molecule has 12 heavy (non-hydrogen) atoms. The van der Waals surface area contributed by atoms with Gasteiger partial charge in [-0.25, -0.2) is 0 Å². The lowest BCUT2D eigenvalue weighted by atomic mass is 10.0. The molecule has 1 aromatic carbocycles. The third-order valence-electron chi connectivity index (χ3n) is 2.02. The zero-order valence-electron chi connectivity index (χ0n) is 7.75. The molecule has 0 radical (unpaired) electrons. The van der Waals surface area contributed by atoms with E-state index in [-0.39, 0.29) is 6.10 Å². The number of aryl methyl sites for hydroxylation is 1. The van der Waals surface area contributed by atoms with Crippen molar-refractivity contribution in [3.8, 4) is 0 Å². The van der Waals surface area contributed by atoms with Gasteiger partial charge in [-0.15, -0.1) is 0 Å². The summed E-state index contributed by atoms with van der Waals surface area (Å²) < 4.78 is 0. The Hall–Kier alpha value is -0.820. The SMILES string of the molecule is CCC[C@H](O)c1ccc(C)cc1. The molecule has 1 aromatic rings. The second kappa shape index (κ2) is 4.27. The van der Waals surface area contributed by atoms with Crippen LogP contribution in [0.3, 0.4) is 0 Å². The van der Waals surface area contributed by atoms with Crippen LogP contribution in [0, 0.1) is 6.92 Å². The number of aliphatic hydroxyl groups excluding tert-OH is 1. The van der Waals surface area contributed by atoms with Gasteiger partial charge in [-0.3, -0.25) is 0 Å². The lowest BCUT2D eigenvalue weighted by molar-refractivity contribution is 0.166. The van der Waals surface area contributed by atoms with E-state index >= 15 is 0 Å². The zero-order valence-corrected chi connectivity index (χ0v) is 7.75. The van der Waals surface area contributed by atoms with Crippen molar-refractivity contribution in [3.05, 3.63) is 35.4 Å². The maximum Gasteiger partial charge on any atom is 0.0790 e. The number of hydrogen-bond acceptors (Lipinski definition) is 1. The molecule has 0 aliphatic rings. The van der Waals surface area contributed by atoms with E-state index in [9.17, 15) is 5.11 Å². The fourth-order valence-electron chi connectivity index (χ4n) is 1.23. The van der Waals surface area contributed by atoms with E-state index in [0.29, 0.717) is 0 Å². The van der Waals surface area contributed by atoms with E-state index in [4.69, 9.17) is 0 Å². The maximum atomic E-state index is 9.61. The highest BCUT2D eigenvalue weighted by Gasteiger charge is 2.04. The van der Waals surface area contributed by atoms with Crippen LogP contribution in [-0.4, -0.2) is 5.11 Å². The zero-order chi connectivity index (χ0) is 8.97. The van der Waals surface area contributed by atoms with Crippen LogP contribution in [0.4, 0.5) is 0 Å². The second-order valence-electron chi connectivity index (χ2n) is 3.22. The number of rotatable bonds is 3. The van der Waals surface area contributed by atoms with Crippen molar-refractivity contribution >= 4 is 0 Å². The van der Waals surface area contributed by atoms with E-state index in [1.807, 2.05) is 24.3 Å². The molecule has 0 saturated carbocycles. The monoisotopic (exact) mass is 164 g/mol. The van der Waals surface area contributed by atoms with Gasteiger partial charge in [-0.2, -0.15) is 0 Å². The van der Waals surface area contributed by atoms with Crippen molar-refractivity contribution in [2.45, 2.75) is 32.8 Å². The van der Waals surface area contributed by atoms with Crippen LogP contribution < -0.4 is 0 Å². The van der Waals surface area contributed by atoms with Crippen LogP contribution in [-0.2, 0) is 0 Å². The molecular formula is C11H16O. The summed E-state index contributed by atoms with van der Waals surface area (Å²) in [7, 11) is 0. The second-order valence-corrected chi connectivity index (χ2v) is 3.22. The predicted molar refractivity (Wildman–Crippen MR) is 51.0 cm³/mol. The van der Waals surface area contributed by atoms with Gasteiger partial charge in [0.25, 0.3) is 0 Å². The van der Waals surface area contributed by atoms with Gasteiger partial charge < -0.3 is 5.11 Å². The topological polar surface area (TPSA) is 20.2 Å². The Morgan fingerprint density at radius 2 is 1.83 bits per heavy atom. The molecule has 0 bridgehead atoms. The van der Waals surface area contributed by atoms with Gasteiger partial charge in [0.15, 0.2) is 0 Å². The minimum absolute atomic E-state index is 0.282. The summed E-state index contributed by atoms with van der Waals surface area (Å²) in [5.41, 5.74) is 2.27. The van der Waals surface area contributed by atoms with Gasteiger partial charge in [0.05, 0.1) is 6.10 Å². The minimum Gasteiger partial charge on any atom is -0.388 e. The lowest BCUT2D eigenvalue weighted by Crippen LogP contribution is -1.95. The molecule has 1 atom stereocenters. The largest absolute Gasteiger partial charge is 0.388 e. The molecule has 0 amide bonds. The van der Waals surface area contributed by atoms with Crippen LogP contribution in [0.15, 0.2) is 24.3 Å². The normalized spacial score (nSPS) is 12.9. The summed E-state index contributed by atoms with van der Waals surface area (Å²) in [6.45, 7) is 4.13. The fourth-order valence-corrected chi connectivity index (χ4v) is 1.23. The van der Waals surface area contributed by atoms with E-state index in [1.165, 1.54) is 5.56 Å². The van der Waals surface area contributed by atoms with E-state index in [2.05, 4.69) is 13.8 Å². The Balaban J connectivity index is 2.68. The molecule has 0 heterocycles. The molecule has 0 fully saturated rings. The van der Waals surface area contributed by atoms with Crippen molar-refractivity contribution < 1.29 is 5.11 Å². The van der Waals surface area contributed by atoms with Gasteiger partial charge in [0.1, 0.15) is 0 Å². The minimum atomic E-state index is -0.282. The molecular weight excluding hydrogens is 148 g/mol. The molecule has 1 rings (SSSR count). The molecule has 1 heteroatoms. The average Bonchev–Trinajstić information content (AvgIpc) is 2.06. The van der Waals surface area contributed by atoms with Crippen molar-refractivity contribution in [1.82, 2.24) is 0 Å². The predicted octanol–water partition coefficient (Wildman–Crippen LogP) is 2.83. The summed E-state index contributed by atoms with van der Waals surface area (Å²) in [4.78, 5) is 0. The Kier molecular flexibility index (Phi) is 3.30. The fraction of sp³-hybridized carbons (Fsp3) is 0.455. The van der Waals surface area contributed by atoms with Crippen LogP contribution >= 0.6 is 0 Å². The third-order valence-corrected chi connectivity index (χ3v) is 2.02. The van der Waals surface area contributed by atoms with E-state index in [1.54, 1.807) is 0 Å². The molecule has 0 aliphatic carbocycles. The Morgan fingerprint density at radius 1 is 1.25 bits per heavy atom. The Labute approximate surface area is 74.1 Å². The molecule has 0 unspecified atom stereocenters. The van der Waals surface area contributed by atoms with Crippen molar-refractivity contribution in [2.24, 2.45) is 0 Å². The number of benzene rings is 1. The van der Waals surface area contributed by atoms with E-state index in [0.717, 1.165) is 18.4 Å². The smallest absolute Gasteiger partial charge is 0.0790 e. The summed E-state index contributed by atoms with van der Waals surface area (Å²) in [6.07, 6.45) is 1.59. The molecule has 1 N–H and O–H groups in total. The van der Waals surface area contributed by atoms with Gasteiger partial charge in [-0.05, 0) is 18.9 Å². The quantitative estimate of drug-likeness (QED) is 0.728. The average molecular weight is 164 g/mol. The first-order valence-corrected chi connectivity index (χ1v) is 4.48. The van der Waals surface area contributed by atoms with Gasteiger partial charge in [-0.1, -0.05) is 43.2 Å². The van der Waals surface area contributed by atoms with Crippen LogP contribution in [0.25, 0.3) is 0 Å². The Bertz CT molecular complexity index is 225.